The molecule has 0 unspecified atom stereocenters. The Morgan fingerprint density at radius 2 is 0.909 bits per heavy atom. The van der Waals surface area contributed by atoms with Crippen LogP contribution in [0.5, 0.6) is 0 Å². The number of hydrogen-bond acceptors (Lipinski definition) is 0. The zero-order valence-electron chi connectivity index (χ0n) is 17.2. The molecule has 130 valence electrons. The van der Waals surface area contributed by atoms with Crippen molar-refractivity contribution in [2.75, 3.05) is 0 Å². The van der Waals surface area contributed by atoms with Crippen LogP contribution < -0.4 is 0 Å². The smallest absolute Gasteiger partial charge is 0.0582 e. The van der Waals surface area contributed by atoms with Gasteiger partial charge >= 0.3 is 0 Å². The maximum atomic E-state index is 6.68. The monoisotopic (exact) mass is 422 g/mol. The van der Waals surface area contributed by atoms with Crippen molar-refractivity contribution in [2.24, 2.45) is 0 Å². The predicted molar refractivity (Wildman–Crippen MR) is 123 cm³/mol. The molecule has 1 saturated heterocycles. The molecule has 7 heteroatoms. The molecule has 0 bridgehead atoms. The topological polar surface area (TPSA) is 0 Å². The number of halogens is 1. The van der Waals surface area contributed by atoms with Crippen LogP contribution in [0.15, 0.2) is 10.7 Å². The average molecular weight is 423 g/mol. The van der Waals surface area contributed by atoms with Crippen LogP contribution in [-0.4, -0.2) is 42.7 Å². The zero-order valence-corrected chi connectivity index (χ0v) is 23.9. The lowest BCUT2D eigenvalue weighted by atomic mass is 10.5. The summed E-state index contributed by atoms with van der Waals surface area (Å²) < 4.78 is 0. The van der Waals surface area contributed by atoms with Gasteiger partial charge in [-0.05, 0) is 6.42 Å². The van der Waals surface area contributed by atoms with Gasteiger partial charge in [0, 0.05) is 40.6 Å². The summed E-state index contributed by atoms with van der Waals surface area (Å²) in [6.07, 6.45) is 1.03. The van der Waals surface area contributed by atoms with E-state index in [9.17, 15) is 0 Å². The fourth-order valence-corrected chi connectivity index (χ4v) is 246. The van der Waals surface area contributed by atoms with Crippen LogP contribution >= 0.6 is 11.6 Å². The minimum atomic E-state index is -1.39. The second kappa shape index (κ2) is 5.67. The van der Waals surface area contributed by atoms with Crippen LogP contribution in [-0.2, 0) is 0 Å². The van der Waals surface area contributed by atoms with Gasteiger partial charge in [0.15, 0.2) is 0 Å². The summed E-state index contributed by atoms with van der Waals surface area (Å²) in [5.74, 6) is 0. The van der Waals surface area contributed by atoms with Crippen molar-refractivity contribution in [2.45, 2.75) is 85.4 Å². The summed E-state index contributed by atoms with van der Waals surface area (Å²) in [5.41, 5.74) is 2.74. The van der Waals surface area contributed by atoms with Crippen molar-refractivity contribution < 1.29 is 0 Å². The van der Waals surface area contributed by atoms with Gasteiger partial charge in [0.25, 0.3) is 0 Å². The highest BCUT2D eigenvalue weighted by molar-refractivity contribution is 8.14. The largest absolute Gasteiger partial charge is 0.0900 e. The molecule has 1 aliphatic rings. The summed E-state index contributed by atoms with van der Waals surface area (Å²) in [6, 6.07) is 0. The molecule has 0 N–H and O–H groups in total. The summed E-state index contributed by atoms with van der Waals surface area (Å²) in [4.78, 5) is 0. The van der Waals surface area contributed by atoms with E-state index in [1.807, 2.05) is 0 Å². The third kappa shape index (κ3) is 2.27. The third-order valence-corrected chi connectivity index (χ3v) is 162. The summed E-state index contributed by atoms with van der Waals surface area (Å²) in [7, 11) is -7.27. The molecular weight excluding hydrogens is 384 g/mol. The van der Waals surface area contributed by atoms with E-state index in [1.54, 1.807) is 0 Å². The maximum Gasteiger partial charge on any atom is 0.0582 e. The molecule has 0 aliphatic carbocycles. The molecule has 0 amide bonds. The average Bonchev–Trinajstić information content (AvgIpc) is 2.35. The van der Waals surface area contributed by atoms with Gasteiger partial charge in [0.1, 0.15) is 0 Å². The maximum absolute atomic E-state index is 6.68. The Hall–Kier alpha value is 1.33. The van der Waals surface area contributed by atoms with Gasteiger partial charge in [0.2, 0.25) is 0 Å². The van der Waals surface area contributed by atoms with Crippen LogP contribution in [0.4, 0.5) is 0 Å². The zero-order chi connectivity index (χ0) is 18.0. The molecule has 0 aromatic heterocycles. The quantitative estimate of drug-likeness (QED) is 0.467. The first kappa shape index (κ1) is 21.4. The van der Waals surface area contributed by atoms with Crippen molar-refractivity contribution in [1.29, 1.82) is 0 Å². The van der Waals surface area contributed by atoms with Gasteiger partial charge in [-0.3, -0.25) is 0 Å². The highest BCUT2D eigenvalue weighted by atomic mass is 35.5. The molecule has 1 heterocycles. The van der Waals surface area contributed by atoms with Crippen LogP contribution in [0.1, 0.15) is 13.3 Å². The van der Waals surface area contributed by atoms with E-state index in [4.69, 9.17) is 11.6 Å². The van der Waals surface area contributed by atoms with Crippen molar-refractivity contribution in [3.63, 3.8) is 0 Å². The SMILES string of the molecule is CC/C(Cl)=C/[Si]1(C)[Si](C)(C)[Si](C)(C)[Si](C)(C)[Si](C)(C)[Si]1(C)C. The first-order chi connectivity index (χ1) is 9.45. The Kier molecular flexibility index (Phi) is 5.51. The molecular formula is C15H39ClSi6. The molecule has 0 aromatic carbocycles. The first-order valence-electron chi connectivity index (χ1n) is 8.83. The van der Waals surface area contributed by atoms with Crippen molar-refractivity contribution >= 4 is 54.3 Å². The fourth-order valence-electron chi connectivity index (χ4n) is 5.20. The van der Waals surface area contributed by atoms with E-state index in [0.717, 1.165) is 6.42 Å². The van der Waals surface area contributed by atoms with Crippen LogP contribution in [0.25, 0.3) is 0 Å². The number of hydrogen-bond donors (Lipinski definition) is 0. The van der Waals surface area contributed by atoms with E-state index in [2.05, 4.69) is 84.6 Å². The van der Waals surface area contributed by atoms with Crippen LogP contribution in [0, 0.1) is 0 Å². The van der Waals surface area contributed by atoms with Crippen LogP contribution in [0.3, 0.4) is 0 Å². The summed E-state index contributed by atoms with van der Waals surface area (Å²) >= 11 is 6.68. The van der Waals surface area contributed by atoms with E-state index >= 15 is 0 Å². The molecule has 0 nitrogen and oxygen atoms in total. The number of allylic oxidation sites excluding steroid dienone is 1. The Labute approximate surface area is 149 Å². The molecule has 0 atom stereocenters. The van der Waals surface area contributed by atoms with Gasteiger partial charge in [-0.25, -0.2) is 0 Å². The molecule has 1 fully saturated rings. The van der Waals surface area contributed by atoms with Gasteiger partial charge in [-0.15, -0.1) is 0 Å². The second-order valence-corrected chi connectivity index (χ2v) is 82.4. The van der Waals surface area contributed by atoms with Gasteiger partial charge < -0.3 is 0 Å². The lowest BCUT2D eigenvalue weighted by Gasteiger charge is -2.72. The minimum absolute atomic E-state index is 1.03. The van der Waals surface area contributed by atoms with Crippen molar-refractivity contribution in [1.82, 2.24) is 0 Å². The van der Waals surface area contributed by atoms with Crippen LogP contribution in [0.2, 0.25) is 72.0 Å². The molecule has 0 saturated carbocycles. The number of rotatable bonds is 2. The Morgan fingerprint density at radius 3 is 1.18 bits per heavy atom. The van der Waals surface area contributed by atoms with Gasteiger partial charge in [0.05, 0.1) is 7.11 Å². The predicted octanol–water partition coefficient (Wildman–Crippen LogP) is 6.16. The van der Waals surface area contributed by atoms with Crippen molar-refractivity contribution in [3.8, 4) is 0 Å². The highest BCUT2D eigenvalue weighted by Crippen LogP contribution is 2.52. The Morgan fingerprint density at radius 1 is 0.636 bits per heavy atom. The van der Waals surface area contributed by atoms with E-state index in [0.29, 0.717) is 0 Å². The molecule has 0 aromatic rings. The van der Waals surface area contributed by atoms with E-state index < -0.39 is 42.7 Å². The normalized spacial score (nSPS) is 30.9. The van der Waals surface area contributed by atoms with Gasteiger partial charge in [-0.2, -0.15) is 0 Å². The lowest BCUT2D eigenvalue weighted by molar-refractivity contribution is 1.20. The summed E-state index contributed by atoms with van der Waals surface area (Å²) in [6.45, 7) is 33.1. The lowest BCUT2D eigenvalue weighted by Crippen LogP contribution is -3.00. The fraction of sp³-hybridized carbons (Fsp3) is 0.867. The minimum Gasteiger partial charge on any atom is -0.0900 e. The highest BCUT2D eigenvalue weighted by Gasteiger charge is 2.76. The Bertz CT molecular complexity index is 460. The molecule has 0 radical (unpaired) electrons. The van der Waals surface area contributed by atoms with E-state index in [-0.39, 0.29) is 0 Å². The standard InChI is InChI=1S/C15H39ClSi6/c1-13-15(16)14-22(12)20(8,9)18(4,5)17(2,3)19(6,7)21(22,10)11/h14H,13H2,1-12H3/b15-14-. The molecule has 0 spiro atoms. The second-order valence-electron chi connectivity index (χ2n) is 10.3. The third-order valence-electron chi connectivity index (χ3n) is 9.63. The van der Waals surface area contributed by atoms with Crippen molar-refractivity contribution in [3.05, 3.63) is 10.7 Å². The molecule has 1 aliphatic heterocycles. The molecule has 22 heavy (non-hydrogen) atoms. The van der Waals surface area contributed by atoms with E-state index in [1.165, 1.54) is 5.03 Å². The van der Waals surface area contributed by atoms with Gasteiger partial charge in [-0.1, -0.05) is 96.2 Å². The Balaban J connectivity index is 3.85. The molecule has 1 rings (SSSR count). The summed E-state index contributed by atoms with van der Waals surface area (Å²) in [5, 5.41) is 1.19. The first-order valence-corrected chi connectivity index (χ1v) is 32.8.